The summed E-state index contributed by atoms with van der Waals surface area (Å²) < 4.78 is 10.6. The Labute approximate surface area is 122 Å². The molecule has 3 heterocycles. The Balaban J connectivity index is 1.85. The Hall–Kier alpha value is -2.15. The van der Waals surface area contributed by atoms with Crippen LogP contribution in [0, 0.1) is 6.92 Å². The van der Waals surface area contributed by atoms with Gasteiger partial charge < -0.3 is 19.1 Å². The first-order chi connectivity index (χ1) is 10.2. The fourth-order valence-electron chi connectivity index (χ4n) is 2.40. The molecule has 1 N–H and O–H groups in total. The predicted molar refractivity (Wildman–Crippen MR) is 73.8 cm³/mol. The molecule has 0 spiro atoms. The predicted octanol–water partition coefficient (Wildman–Crippen LogP) is 1.48. The molecule has 0 unspecified atom stereocenters. The van der Waals surface area contributed by atoms with Crippen LogP contribution in [0.2, 0.25) is 0 Å². The topological polar surface area (TPSA) is 84.3 Å². The van der Waals surface area contributed by atoms with Crippen LogP contribution in [0.15, 0.2) is 16.8 Å². The zero-order chi connectivity index (χ0) is 14.8. The first kappa shape index (κ1) is 13.8. The van der Waals surface area contributed by atoms with Crippen molar-refractivity contribution < 1.29 is 14.1 Å². The van der Waals surface area contributed by atoms with Gasteiger partial charge in [0.2, 0.25) is 5.76 Å². The number of nitrogens with zero attached hydrogens (tertiary/aromatic N) is 3. The molecule has 3 rings (SSSR count). The maximum Gasteiger partial charge on any atom is 0.293 e. The fourth-order valence-corrected chi connectivity index (χ4v) is 2.40. The largest absolute Gasteiger partial charge is 0.377 e. The van der Waals surface area contributed by atoms with Gasteiger partial charge in [0.05, 0.1) is 18.9 Å². The molecule has 1 fully saturated rings. The lowest BCUT2D eigenvalue weighted by Gasteiger charge is -2.33. The summed E-state index contributed by atoms with van der Waals surface area (Å²) in [4.78, 5) is 21.8. The van der Waals surface area contributed by atoms with Gasteiger partial charge in [0, 0.05) is 24.5 Å². The second-order valence-corrected chi connectivity index (χ2v) is 5.08. The average Bonchev–Trinajstić information content (AvgIpc) is 3.15. The highest BCUT2D eigenvalue weighted by Crippen LogP contribution is 2.24. The van der Waals surface area contributed by atoms with Crippen LogP contribution < -0.4 is 0 Å². The van der Waals surface area contributed by atoms with Gasteiger partial charge in [0.1, 0.15) is 11.9 Å². The third kappa shape index (κ3) is 2.69. The minimum Gasteiger partial charge on any atom is -0.377 e. The van der Waals surface area contributed by atoms with E-state index in [1.807, 2.05) is 13.8 Å². The van der Waals surface area contributed by atoms with Crippen molar-refractivity contribution in [2.24, 2.45) is 0 Å². The smallest absolute Gasteiger partial charge is 0.293 e. The van der Waals surface area contributed by atoms with Crippen molar-refractivity contribution in [1.82, 2.24) is 20.0 Å². The number of rotatable bonds is 3. The van der Waals surface area contributed by atoms with Crippen molar-refractivity contribution in [3.05, 3.63) is 35.2 Å². The summed E-state index contributed by atoms with van der Waals surface area (Å²) in [6.45, 7) is 5.33. The van der Waals surface area contributed by atoms with E-state index in [0.29, 0.717) is 19.8 Å². The highest BCUT2D eigenvalue weighted by Gasteiger charge is 2.33. The first-order valence-corrected chi connectivity index (χ1v) is 7.05. The molecule has 2 aromatic heterocycles. The van der Waals surface area contributed by atoms with Gasteiger partial charge in [0.15, 0.2) is 0 Å². The summed E-state index contributed by atoms with van der Waals surface area (Å²) in [6.07, 6.45) is 2.48. The van der Waals surface area contributed by atoms with E-state index in [-0.39, 0.29) is 17.7 Å². The van der Waals surface area contributed by atoms with Crippen LogP contribution in [0.1, 0.15) is 40.7 Å². The van der Waals surface area contributed by atoms with E-state index in [0.717, 1.165) is 23.6 Å². The second-order valence-electron chi connectivity index (χ2n) is 5.08. The molecule has 0 aliphatic carbocycles. The number of imidazole rings is 1. The molecule has 21 heavy (non-hydrogen) atoms. The number of carbonyl (C=O) groups excluding carboxylic acids is 1. The molecule has 7 nitrogen and oxygen atoms in total. The van der Waals surface area contributed by atoms with E-state index < -0.39 is 0 Å². The number of nitrogens with one attached hydrogen (secondary N) is 1. The van der Waals surface area contributed by atoms with Crippen LogP contribution in [0.5, 0.6) is 0 Å². The molecule has 1 saturated heterocycles. The Morgan fingerprint density at radius 1 is 1.57 bits per heavy atom. The summed E-state index contributed by atoms with van der Waals surface area (Å²) in [5, 5.41) is 3.88. The lowest BCUT2D eigenvalue weighted by molar-refractivity contribution is -0.00692. The highest BCUT2D eigenvalue weighted by atomic mass is 16.5. The van der Waals surface area contributed by atoms with Crippen molar-refractivity contribution >= 4 is 5.91 Å². The Morgan fingerprint density at radius 2 is 2.43 bits per heavy atom. The summed E-state index contributed by atoms with van der Waals surface area (Å²) in [5.41, 5.74) is 1.73. The van der Waals surface area contributed by atoms with E-state index in [1.54, 1.807) is 17.2 Å². The van der Waals surface area contributed by atoms with Crippen molar-refractivity contribution in [3.63, 3.8) is 0 Å². The number of hydrogen-bond acceptors (Lipinski definition) is 5. The highest BCUT2D eigenvalue weighted by molar-refractivity contribution is 5.91. The lowest BCUT2D eigenvalue weighted by Crippen LogP contribution is -2.43. The number of aromatic amines is 1. The van der Waals surface area contributed by atoms with Gasteiger partial charge in [-0.25, -0.2) is 4.98 Å². The molecule has 1 aliphatic heterocycles. The number of aromatic nitrogens is 3. The number of amides is 1. The number of aryl methyl sites for hydroxylation is 2. The minimum atomic E-state index is -0.227. The third-order valence-corrected chi connectivity index (χ3v) is 3.56. The van der Waals surface area contributed by atoms with E-state index in [2.05, 4.69) is 15.1 Å². The quantitative estimate of drug-likeness (QED) is 0.925. The number of ether oxygens (including phenoxy) is 1. The minimum absolute atomic E-state index is 0.176. The fraction of sp³-hybridized carbons (Fsp3) is 0.500. The maximum absolute atomic E-state index is 12.6. The molecule has 0 aromatic carbocycles. The summed E-state index contributed by atoms with van der Waals surface area (Å²) >= 11 is 0. The van der Waals surface area contributed by atoms with Gasteiger partial charge in [-0.3, -0.25) is 4.79 Å². The maximum atomic E-state index is 12.6. The molecule has 112 valence electrons. The van der Waals surface area contributed by atoms with Crippen LogP contribution in [0.3, 0.4) is 0 Å². The van der Waals surface area contributed by atoms with Gasteiger partial charge in [-0.05, 0) is 13.3 Å². The number of morpholine rings is 1. The van der Waals surface area contributed by atoms with Crippen molar-refractivity contribution in [2.45, 2.75) is 26.3 Å². The van der Waals surface area contributed by atoms with Gasteiger partial charge >= 0.3 is 0 Å². The van der Waals surface area contributed by atoms with Crippen molar-refractivity contribution in [2.75, 3.05) is 19.8 Å². The summed E-state index contributed by atoms with van der Waals surface area (Å²) in [5.74, 6) is 0.822. The molecule has 1 atom stereocenters. The lowest BCUT2D eigenvalue weighted by atomic mass is 10.2. The van der Waals surface area contributed by atoms with Gasteiger partial charge in [-0.1, -0.05) is 12.1 Å². The normalized spacial score (nSPS) is 19.0. The molecular formula is C14H18N4O3. The average molecular weight is 290 g/mol. The molecule has 2 aromatic rings. The third-order valence-electron chi connectivity index (χ3n) is 3.56. The SMILES string of the molecule is CCc1cc(C(=O)N2CCOC[C@H]2c2ncc(C)[nH]2)on1. The Morgan fingerprint density at radius 3 is 3.10 bits per heavy atom. The summed E-state index contributed by atoms with van der Waals surface area (Å²) in [7, 11) is 0. The Bertz CT molecular complexity index is 634. The second kappa shape index (κ2) is 5.69. The van der Waals surface area contributed by atoms with Crippen LogP contribution >= 0.6 is 0 Å². The molecule has 0 bridgehead atoms. The zero-order valence-corrected chi connectivity index (χ0v) is 12.1. The summed E-state index contributed by atoms with van der Waals surface area (Å²) in [6, 6.07) is 1.47. The van der Waals surface area contributed by atoms with Gasteiger partial charge in [-0.15, -0.1) is 0 Å². The van der Waals surface area contributed by atoms with E-state index in [4.69, 9.17) is 9.26 Å². The van der Waals surface area contributed by atoms with E-state index in [1.165, 1.54) is 0 Å². The standard InChI is InChI=1S/C14H18N4O3/c1-3-10-6-12(21-17-10)14(19)18-4-5-20-8-11(18)13-15-7-9(2)16-13/h6-7,11H,3-5,8H2,1-2H3,(H,15,16)/t11-/m0/s1. The monoisotopic (exact) mass is 290 g/mol. The molecule has 7 heteroatoms. The van der Waals surface area contributed by atoms with Crippen LogP contribution in [0.25, 0.3) is 0 Å². The van der Waals surface area contributed by atoms with Crippen LogP contribution in [-0.2, 0) is 11.2 Å². The number of hydrogen-bond donors (Lipinski definition) is 1. The van der Waals surface area contributed by atoms with Crippen LogP contribution in [0.4, 0.5) is 0 Å². The van der Waals surface area contributed by atoms with E-state index >= 15 is 0 Å². The first-order valence-electron chi connectivity index (χ1n) is 7.05. The molecule has 0 radical (unpaired) electrons. The molecule has 1 amide bonds. The number of H-pyrrole nitrogens is 1. The van der Waals surface area contributed by atoms with Crippen molar-refractivity contribution in [1.29, 1.82) is 0 Å². The molecule has 1 aliphatic rings. The molecule has 0 saturated carbocycles. The zero-order valence-electron chi connectivity index (χ0n) is 12.1. The van der Waals surface area contributed by atoms with Gasteiger partial charge in [0.25, 0.3) is 5.91 Å². The Kier molecular flexibility index (Phi) is 3.74. The van der Waals surface area contributed by atoms with Crippen LogP contribution in [-0.4, -0.2) is 45.7 Å². The molecular weight excluding hydrogens is 272 g/mol. The van der Waals surface area contributed by atoms with Gasteiger partial charge in [-0.2, -0.15) is 0 Å². The van der Waals surface area contributed by atoms with Crippen molar-refractivity contribution in [3.8, 4) is 0 Å². The number of carbonyl (C=O) groups is 1. The van der Waals surface area contributed by atoms with E-state index in [9.17, 15) is 4.79 Å².